The lowest BCUT2D eigenvalue weighted by Crippen LogP contribution is -2.56. The van der Waals surface area contributed by atoms with Crippen LogP contribution in [-0.4, -0.2) is 40.1 Å². The zero-order valence-corrected chi connectivity index (χ0v) is 13.6. The number of likely N-dealkylation sites (tertiary alicyclic amines) is 1. The molecule has 1 amide bonds. The van der Waals surface area contributed by atoms with Gasteiger partial charge in [0, 0.05) is 17.8 Å². The molecule has 0 bridgehead atoms. The average Bonchev–Trinajstić information content (AvgIpc) is 2.81. The number of rotatable bonds is 4. The Morgan fingerprint density at radius 2 is 2.12 bits per heavy atom. The van der Waals surface area contributed by atoms with Crippen molar-refractivity contribution in [1.82, 2.24) is 15.0 Å². The Bertz CT molecular complexity index is 763. The molecule has 0 saturated carbocycles. The van der Waals surface area contributed by atoms with Gasteiger partial charge in [-0.25, -0.2) is 4.98 Å². The van der Waals surface area contributed by atoms with Crippen LogP contribution in [0, 0.1) is 13.8 Å². The maximum Gasteiger partial charge on any atom is 0.416 e. The lowest BCUT2D eigenvalue weighted by Gasteiger charge is -2.38. The Morgan fingerprint density at radius 3 is 2.72 bits per heavy atom. The normalized spacial score (nSPS) is 15.2. The van der Waals surface area contributed by atoms with Crippen LogP contribution < -0.4 is 4.74 Å². The first kappa shape index (κ1) is 17.2. The van der Waals surface area contributed by atoms with Crippen molar-refractivity contribution < 1.29 is 27.2 Å². The van der Waals surface area contributed by atoms with Crippen LogP contribution in [0.15, 0.2) is 22.9 Å². The summed E-state index contributed by atoms with van der Waals surface area (Å²) in [6, 6.07) is 1.74. The highest BCUT2D eigenvalue weighted by Crippen LogP contribution is 2.31. The van der Waals surface area contributed by atoms with E-state index in [9.17, 15) is 18.0 Å². The van der Waals surface area contributed by atoms with E-state index in [2.05, 4.69) is 10.1 Å². The van der Waals surface area contributed by atoms with E-state index >= 15 is 0 Å². The summed E-state index contributed by atoms with van der Waals surface area (Å²) in [7, 11) is 0. The molecule has 1 fully saturated rings. The molecular formula is C16H16F3N3O3. The molecule has 1 saturated heterocycles. The molecule has 0 aromatic carbocycles. The third-order valence-electron chi connectivity index (χ3n) is 4.06. The number of aryl methyl sites for hydroxylation is 2. The maximum absolute atomic E-state index is 12.7. The first-order valence-corrected chi connectivity index (χ1v) is 7.63. The molecule has 3 heterocycles. The molecule has 2 aromatic heterocycles. The SMILES string of the molecule is Cc1noc(C)c1CC(=O)N1CC(Oc2cc(C(F)(F)F)ccn2)C1. The molecule has 9 heteroatoms. The van der Waals surface area contributed by atoms with Gasteiger partial charge in [-0.1, -0.05) is 5.16 Å². The molecule has 1 aliphatic heterocycles. The summed E-state index contributed by atoms with van der Waals surface area (Å²) in [6.07, 6.45) is -3.59. The van der Waals surface area contributed by atoms with E-state index in [-0.39, 0.29) is 24.3 Å². The Hall–Kier alpha value is -2.58. The summed E-state index contributed by atoms with van der Waals surface area (Å²) in [6.45, 7) is 4.12. The van der Waals surface area contributed by atoms with Crippen molar-refractivity contribution in [3.8, 4) is 5.88 Å². The summed E-state index contributed by atoms with van der Waals surface area (Å²) in [5.41, 5.74) is 0.615. The molecule has 134 valence electrons. The van der Waals surface area contributed by atoms with Gasteiger partial charge in [0.05, 0.1) is 30.8 Å². The Kier molecular flexibility index (Phi) is 4.40. The number of amides is 1. The van der Waals surface area contributed by atoms with E-state index in [0.717, 1.165) is 23.9 Å². The van der Waals surface area contributed by atoms with Gasteiger partial charge in [0.15, 0.2) is 0 Å². The lowest BCUT2D eigenvalue weighted by atomic mass is 10.1. The topological polar surface area (TPSA) is 68.5 Å². The van der Waals surface area contributed by atoms with E-state index in [1.54, 1.807) is 18.7 Å². The molecule has 3 rings (SSSR count). The van der Waals surface area contributed by atoms with Crippen molar-refractivity contribution >= 4 is 5.91 Å². The highest BCUT2D eigenvalue weighted by molar-refractivity contribution is 5.80. The Labute approximate surface area is 141 Å². The predicted molar refractivity (Wildman–Crippen MR) is 79.9 cm³/mol. The fourth-order valence-corrected chi connectivity index (χ4v) is 2.55. The second-order valence-corrected chi connectivity index (χ2v) is 5.90. The van der Waals surface area contributed by atoms with E-state index in [4.69, 9.17) is 9.26 Å². The molecule has 0 unspecified atom stereocenters. The summed E-state index contributed by atoms with van der Waals surface area (Å²) in [5, 5.41) is 3.80. The van der Waals surface area contributed by atoms with Crippen LogP contribution >= 0.6 is 0 Å². The van der Waals surface area contributed by atoms with Gasteiger partial charge in [0.1, 0.15) is 11.9 Å². The van der Waals surface area contributed by atoms with Gasteiger partial charge in [0.2, 0.25) is 11.8 Å². The summed E-state index contributed by atoms with van der Waals surface area (Å²) >= 11 is 0. The molecule has 1 aliphatic rings. The number of hydrogen-bond acceptors (Lipinski definition) is 5. The molecule has 25 heavy (non-hydrogen) atoms. The number of nitrogens with zero attached hydrogens (tertiary/aromatic N) is 3. The minimum Gasteiger partial charge on any atom is -0.471 e. The average molecular weight is 355 g/mol. The molecule has 0 atom stereocenters. The number of halogens is 3. The number of carbonyl (C=O) groups excluding carboxylic acids is 1. The van der Waals surface area contributed by atoms with Gasteiger partial charge in [-0.05, 0) is 19.9 Å². The monoisotopic (exact) mass is 355 g/mol. The first-order chi connectivity index (χ1) is 11.7. The van der Waals surface area contributed by atoms with Crippen LogP contribution in [0.3, 0.4) is 0 Å². The number of pyridine rings is 1. The van der Waals surface area contributed by atoms with Gasteiger partial charge >= 0.3 is 6.18 Å². The fraction of sp³-hybridized carbons (Fsp3) is 0.438. The maximum atomic E-state index is 12.7. The number of carbonyl (C=O) groups is 1. The standard InChI is InChI=1S/C16H16F3N3O3/c1-9-13(10(2)25-21-9)6-15(23)22-7-12(8-22)24-14-5-11(3-4-20-14)16(17,18)19/h3-5,12H,6-8H2,1-2H3. The number of ether oxygens (including phenoxy) is 1. The fourth-order valence-electron chi connectivity index (χ4n) is 2.55. The second-order valence-electron chi connectivity index (χ2n) is 5.90. The molecule has 0 radical (unpaired) electrons. The van der Waals surface area contributed by atoms with Crippen LogP contribution in [0.25, 0.3) is 0 Å². The minimum absolute atomic E-state index is 0.0994. The molecular weight excluding hydrogens is 339 g/mol. The zero-order chi connectivity index (χ0) is 18.2. The molecule has 0 aliphatic carbocycles. The Morgan fingerprint density at radius 1 is 1.40 bits per heavy atom. The summed E-state index contributed by atoms with van der Waals surface area (Å²) in [5.74, 6) is 0.399. The van der Waals surface area contributed by atoms with Crippen molar-refractivity contribution in [3.63, 3.8) is 0 Å². The zero-order valence-electron chi connectivity index (χ0n) is 13.6. The first-order valence-electron chi connectivity index (χ1n) is 7.63. The molecule has 0 N–H and O–H groups in total. The largest absolute Gasteiger partial charge is 0.471 e. The van der Waals surface area contributed by atoms with Crippen LogP contribution in [0.1, 0.15) is 22.6 Å². The van der Waals surface area contributed by atoms with Crippen LogP contribution in [-0.2, 0) is 17.4 Å². The number of hydrogen-bond donors (Lipinski definition) is 0. The predicted octanol–water partition coefficient (Wildman–Crippen LogP) is 2.54. The van der Waals surface area contributed by atoms with Crippen molar-refractivity contribution in [3.05, 3.63) is 40.9 Å². The second kappa shape index (κ2) is 6.38. The smallest absolute Gasteiger partial charge is 0.416 e. The van der Waals surface area contributed by atoms with E-state index < -0.39 is 11.7 Å². The molecule has 0 spiro atoms. The Balaban J connectivity index is 1.54. The highest BCUT2D eigenvalue weighted by atomic mass is 19.4. The van der Waals surface area contributed by atoms with Gasteiger partial charge in [0.25, 0.3) is 0 Å². The van der Waals surface area contributed by atoms with Gasteiger partial charge in [-0.3, -0.25) is 4.79 Å². The number of alkyl halides is 3. The van der Waals surface area contributed by atoms with Gasteiger partial charge in [-0.2, -0.15) is 13.2 Å². The third-order valence-corrected chi connectivity index (χ3v) is 4.06. The van der Waals surface area contributed by atoms with Crippen LogP contribution in [0.2, 0.25) is 0 Å². The van der Waals surface area contributed by atoms with E-state index in [1.807, 2.05) is 0 Å². The summed E-state index contributed by atoms with van der Waals surface area (Å²) in [4.78, 5) is 17.6. The van der Waals surface area contributed by atoms with Crippen molar-refractivity contribution in [2.75, 3.05) is 13.1 Å². The van der Waals surface area contributed by atoms with Crippen molar-refractivity contribution in [2.24, 2.45) is 0 Å². The summed E-state index contributed by atoms with van der Waals surface area (Å²) < 4.78 is 48.4. The quantitative estimate of drug-likeness (QED) is 0.843. The van der Waals surface area contributed by atoms with Crippen LogP contribution in [0.5, 0.6) is 5.88 Å². The molecule has 2 aromatic rings. The van der Waals surface area contributed by atoms with Crippen molar-refractivity contribution in [2.45, 2.75) is 32.5 Å². The van der Waals surface area contributed by atoms with E-state index in [0.29, 0.717) is 24.5 Å². The van der Waals surface area contributed by atoms with Gasteiger partial charge in [-0.15, -0.1) is 0 Å². The molecule has 6 nitrogen and oxygen atoms in total. The minimum atomic E-state index is -4.45. The van der Waals surface area contributed by atoms with Gasteiger partial charge < -0.3 is 14.2 Å². The third kappa shape index (κ3) is 3.75. The van der Waals surface area contributed by atoms with Crippen LogP contribution in [0.4, 0.5) is 13.2 Å². The van der Waals surface area contributed by atoms with E-state index in [1.165, 1.54) is 0 Å². The number of aromatic nitrogens is 2. The lowest BCUT2D eigenvalue weighted by molar-refractivity contribution is -0.139. The van der Waals surface area contributed by atoms with Crippen molar-refractivity contribution in [1.29, 1.82) is 0 Å². The highest BCUT2D eigenvalue weighted by Gasteiger charge is 2.34.